The maximum absolute atomic E-state index is 11.1. The van der Waals surface area contributed by atoms with Crippen molar-refractivity contribution in [3.05, 3.63) is 16.6 Å². The van der Waals surface area contributed by atoms with E-state index in [1.807, 2.05) is 12.3 Å². The fourth-order valence-corrected chi connectivity index (χ4v) is 2.83. The molecule has 1 fully saturated rings. The molecule has 1 saturated heterocycles. The summed E-state index contributed by atoms with van der Waals surface area (Å²) >= 11 is 1.63. The van der Waals surface area contributed by atoms with Crippen molar-refractivity contribution >= 4 is 17.3 Å². The van der Waals surface area contributed by atoms with Crippen molar-refractivity contribution < 1.29 is 9.90 Å². The van der Waals surface area contributed by atoms with E-state index in [1.165, 1.54) is 0 Å². The zero-order chi connectivity index (χ0) is 11.8. The molecule has 0 radical (unpaired) electrons. The van der Waals surface area contributed by atoms with Gasteiger partial charge in [-0.2, -0.15) is 0 Å². The molecule has 2 atom stereocenters. The molecule has 0 aromatic carbocycles. The fraction of sp³-hybridized carbons (Fsp3) is 0.636. The molecule has 1 aliphatic heterocycles. The van der Waals surface area contributed by atoms with E-state index in [1.54, 1.807) is 17.5 Å². The summed E-state index contributed by atoms with van der Waals surface area (Å²) in [6.45, 7) is 5.36. The van der Waals surface area contributed by atoms with Gasteiger partial charge in [-0.25, -0.2) is 4.98 Å². The first-order valence-corrected chi connectivity index (χ1v) is 6.28. The highest BCUT2D eigenvalue weighted by molar-refractivity contribution is 7.09. The summed E-state index contributed by atoms with van der Waals surface area (Å²) in [5, 5.41) is 12.2. The normalized spacial score (nSPS) is 28.1. The first-order chi connectivity index (χ1) is 7.53. The Morgan fingerprint density at radius 3 is 3.00 bits per heavy atom. The van der Waals surface area contributed by atoms with Crippen LogP contribution in [0.1, 0.15) is 31.3 Å². The first-order valence-electron chi connectivity index (χ1n) is 5.40. The molecule has 0 aliphatic carbocycles. The Labute approximate surface area is 98.9 Å². The van der Waals surface area contributed by atoms with Crippen LogP contribution in [0.25, 0.3) is 0 Å². The number of likely N-dealkylation sites (tertiary alicyclic amines) is 1. The van der Waals surface area contributed by atoms with Crippen LogP contribution in [0, 0.1) is 5.41 Å². The Morgan fingerprint density at radius 2 is 2.50 bits per heavy atom. The smallest absolute Gasteiger partial charge is 0.310 e. The first kappa shape index (κ1) is 11.5. The maximum atomic E-state index is 11.1. The topological polar surface area (TPSA) is 53.4 Å². The molecule has 2 rings (SSSR count). The predicted molar refractivity (Wildman–Crippen MR) is 62.5 cm³/mol. The number of carboxylic acids is 1. The molecule has 1 N–H and O–H groups in total. The average molecular weight is 240 g/mol. The third kappa shape index (κ3) is 1.97. The van der Waals surface area contributed by atoms with Crippen molar-refractivity contribution in [3.63, 3.8) is 0 Å². The molecule has 4 nitrogen and oxygen atoms in total. The van der Waals surface area contributed by atoms with Gasteiger partial charge in [-0.3, -0.25) is 9.69 Å². The largest absolute Gasteiger partial charge is 0.481 e. The lowest BCUT2D eigenvalue weighted by molar-refractivity contribution is -0.147. The lowest BCUT2D eigenvalue weighted by Crippen LogP contribution is -2.32. The zero-order valence-electron chi connectivity index (χ0n) is 9.51. The summed E-state index contributed by atoms with van der Waals surface area (Å²) in [5.41, 5.74) is -0.592. The van der Waals surface area contributed by atoms with Gasteiger partial charge in [-0.1, -0.05) is 0 Å². The van der Waals surface area contributed by atoms with Crippen LogP contribution in [-0.4, -0.2) is 34.0 Å². The van der Waals surface area contributed by atoms with E-state index in [4.69, 9.17) is 5.11 Å². The van der Waals surface area contributed by atoms with E-state index in [0.29, 0.717) is 6.54 Å². The molecule has 0 amide bonds. The fourth-order valence-electron chi connectivity index (χ4n) is 2.10. The van der Waals surface area contributed by atoms with Gasteiger partial charge in [-0.05, 0) is 20.3 Å². The summed E-state index contributed by atoms with van der Waals surface area (Å²) in [7, 11) is 0. The minimum Gasteiger partial charge on any atom is -0.481 e. The van der Waals surface area contributed by atoms with E-state index in [-0.39, 0.29) is 6.04 Å². The van der Waals surface area contributed by atoms with Crippen LogP contribution >= 0.6 is 11.3 Å². The number of rotatable bonds is 3. The summed E-state index contributed by atoms with van der Waals surface area (Å²) in [4.78, 5) is 17.6. The number of thiazole rings is 1. The molecule has 1 aliphatic rings. The number of carboxylic acid groups (broad SMARTS) is 1. The molecule has 88 valence electrons. The highest BCUT2D eigenvalue weighted by Crippen LogP contribution is 2.35. The lowest BCUT2D eigenvalue weighted by Gasteiger charge is -2.24. The van der Waals surface area contributed by atoms with Crippen LogP contribution < -0.4 is 0 Å². The second kappa shape index (κ2) is 4.14. The van der Waals surface area contributed by atoms with E-state index in [9.17, 15) is 4.79 Å². The van der Waals surface area contributed by atoms with Crippen LogP contribution in [0.2, 0.25) is 0 Å². The number of hydrogen-bond acceptors (Lipinski definition) is 4. The van der Waals surface area contributed by atoms with Gasteiger partial charge in [0.25, 0.3) is 0 Å². The van der Waals surface area contributed by atoms with Gasteiger partial charge >= 0.3 is 5.97 Å². The third-order valence-electron chi connectivity index (χ3n) is 3.38. The molecular weight excluding hydrogens is 224 g/mol. The van der Waals surface area contributed by atoms with Gasteiger partial charge in [0, 0.05) is 24.7 Å². The van der Waals surface area contributed by atoms with E-state index in [0.717, 1.165) is 18.0 Å². The quantitative estimate of drug-likeness (QED) is 0.878. The summed E-state index contributed by atoms with van der Waals surface area (Å²) in [6.07, 6.45) is 2.51. The molecular formula is C11H16N2O2S. The number of hydrogen-bond donors (Lipinski definition) is 1. The van der Waals surface area contributed by atoms with Crippen molar-refractivity contribution in [1.82, 2.24) is 9.88 Å². The molecule has 1 aromatic rings. The van der Waals surface area contributed by atoms with Gasteiger partial charge in [0.1, 0.15) is 5.01 Å². The second-order valence-electron chi connectivity index (χ2n) is 4.63. The minimum absolute atomic E-state index is 0.223. The highest BCUT2D eigenvalue weighted by atomic mass is 32.1. The Bertz CT molecular complexity index is 379. The Balaban J connectivity index is 2.07. The zero-order valence-corrected chi connectivity index (χ0v) is 10.3. The predicted octanol–water partition coefficient (Wildman–Crippen LogP) is 2.00. The molecule has 2 unspecified atom stereocenters. The standard InChI is InChI=1S/C11H16N2O2S/c1-8(9-12-4-6-16-9)13-5-3-11(2,7-13)10(14)15/h4,6,8H,3,5,7H2,1-2H3,(H,14,15). The van der Waals surface area contributed by atoms with E-state index >= 15 is 0 Å². The van der Waals surface area contributed by atoms with Crippen LogP contribution in [0.4, 0.5) is 0 Å². The number of carbonyl (C=O) groups is 1. The summed E-state index contributed by atoms with van der Waals surface area (Å²) in [5.74, 6) is -0.693. The minimum atomic E-state index is -0.693. The van der Waals surface area contributed by atoms with E-state index < -0.39 is 11.4 Å². The summed E-state index contributed by atoms with van der Waals surface area (Å²) in [6, 6.07) is 0.223. The molecule has 1 aromatic heterocycles. The van der Waals surface area contributed by atoms with Gasteiger partial charge < -0.3 is 5.11 Å². The molecule has 0 bridgehead atoms. The van der Waals surface area contributed by atoms with Gasteiger partial charge in [-0.15, -0.1) is 11.3 Å². The van der Waals surface area contributed by atoms with Crippen molar-refractivity contribution in [1.29, 1.82) is 0 Å². The van der Waals surface area contributed by atoms with Crippen LogP contribution in [0.3, 0.4) is 0 Å². The number of aliphatic carboxylic acids is 1. The van der Waals surface area contributed by atoms with Crippen LogP contribution in [0.5, 0.6) is 0 Å². The van der Waals surface area contributed by atoms with Crippen LogP contribution in [-0.2, 0) is 4.79 Å². The number of aromatic nitrogens is 1. The lowest BCUT2D eigenvalue weighted by atomic mass is 9.90. The third-order valence-corrected chi connectivity index (χ3v) is 4.32. The van der Waals surface area contributed by atoms with Crippen molar-refractivity contribution in [2.24, 2.45) is 5.41 Å². The molecule has 5 heteroatoms. The Morgan fingerprint density at radius 1 is 1.75 bits per heavy atom. The van der Waals surface area contributed by atoms with Crippen LogP contribution in [0.15, 0.2) is 11.6 Å². The van der Waals surface area contributed by atoms with Gasteiger partial charge in [0.05, 0.1) is 11.5 Å². The molecule has 16 heavy (non-hydrogen) atoms. The SMILES string of the molecule is CC(c1nccs1)N1CCC(C)(C(=O)O)C1. The van der Waals surface area contributed by atoms with Crippen molar-refractivity contribution in [2.75, 3.05) is 13.1 Å². The van der Waals surface area contributed by atoms with Gasteiger partial charge in [0.15, 0.2) is 0 Å². The monoisotopic (exact) mass is 240 g/mol. The van der Waals surface area contributed by atoms with Gasteiger partial charge in [0.2, 0.25) is 0 Å². The second-order valence-corrected chi connectivity index (χ2v) is 5.56. The van der Waals surface area contributed by atoms with Crippen molar-refractivity contribution in [3.8, 4) is 0 Å². The maximum Gasteiger partial charge on any atom is 0.310 e. The molecule has 0 spiro atoms. The Hall–Kier alpha value is -0.940. The molecule has 2 heterocycles. The number of nitrogens with zero attached hydrogens (tertiary/aromatic N) is 2. The Kier molecular flexibility index (Phi) is 2.99. The highest BCUT2D eigenvalue weighted by Gasteiger charge is 2.42. The van der Waals surface area contributed by atoms with Crippen molar-refractivity contribution in [2.45, 2.75) is 26.3 Å². The molecule has 0 saturated carbocycles. The summed E-state index contributed by atoms with van der Waals surface area (Å²) < 4.78 is 0. The average Bonchev–Trinajstić information content (AvgIpc) is 2.85. The van der Waals surface area contributed by atoms with E-state index in [2.05, 4.69) is 16.8 Å².